The van der Waals surface area contributed by atoms with Gasteiger partial charge in [0.2, 0.25) is 0 Å². The molecule has 15 heavy (non-hydrogen) atoms. The maximum Gasteiger partial charge on any atom is 0.157 e. The van der Waals surface area contributed by atoms with Crippen molar-refractivity contribution in [1.29, 1.82) is 0 Å². The summed E-state index contributed by atoms with van der Waals surface area (Å²) >= 11 is 0. The lowest BCUT2D eigenvalue weighted by Crippen LogP contribution is -1.94. The van der Waals surface area contributed by atoms with Gasteiger partial charge in [0.25, 0.3) is 0 Å². The molecule has 0 amide bonds. The molecule has 1 aromatic rings. The van der Waals surface area contributed by atoms with Crippen molar-refractivity contribution in [1.82, 2.24) is 0 Å². The number of benzene rings is 1. The third kappa shape index (κ3) is 2.84. The molecular formula is C12H14O3. The molecule has 0 aromatic heterocycles. The van der Waals surface area contributed by atoms with Gasteiger partial charge in [-0.2, -0.15) is 0 Å². The average Bonchev–Trinajstić information content (AvgIpc) is 2.19. The first-order chi connectivity index (χ1) is 7.04. The van der Waals surface area contributed by atoms with Crippen LogP contribution in [0.5, 0.6) is 11.5 Å². The molecule has 0 atom stereocenters. The lowest BCUT2D eigenvalue weighted by atomic mass is 10.0. The molecule has 0 saturated heterocycles. The molecule has 0 fully saturated rings. The standard InChI is InChI=1S/C12H14O3/c1-8(2)10(7-13)5-9-3-4-11(14)12(15)6-9/h3-8,14-15H,1-2H3. The monoisotopic (exact) mass is 206 g/mol. The van der Waals surface area contributed by atoms with Gasteiger partial charge < -0.3 is 10.2 Å². The zero-order valence-corrected chi connectivity index (χ0v) is 8.77. The summed E-state index contributed by atoms with van der Waals surface area (Å²) in [4.78, 5) is 10.7. The van der Waals surface area contributed by atoms with Gasteiger partial charge in [0.1, 0.15) is 6.29 Å². The highest BCUT2D eigenvalue weighted by atomic mass is 16.3. The highest BCUT2D eigenvalue weighted by molar-refractivity contribution is 5.82. The van der Waals surface area contributed by atoms with E-state index in [-0.39, 0.29) is 17.4 Å². The van der Waals surface area contributed by atoms with E-state index in [2.05, 4.69) is 0 Å². The number of phenols is 2. The quantitative estimate of drug-likeness (QED) is 0.453. The van der Waals surface area contributed by atoms with Crippen LogP contribution in [-0.2, 0) is 4.79 Å². The summed E-state index contributed by atoms with van der Waals surface area (Å²) in [6.07, 6.45) is 2.49. The van der Waals surface area contributed by atoms with Gasteiger partial charge in [-0.05, 0) is 35.3 Å². The molecule has 0 aliphatic carbocycles. The number of hydrogen-bond donors (Lipinski definition) is 2. The lowest BCUT2D eigenvalue weighted by molar-refractivity contribution is -0.105. The van der Waals surface area contributed by atoms with Crippen molar-refractivity contribution in [2.24, 2.45) is 5.92 Å². The molecule has 0 aliphatic rings. The molecule has 0 saturated carbocycles. The molecule has 3 heteroatoms. The third-order valence-electron chi connectivity index (χ3n) is 2.14. The van der Waals surface area contributed by atoms with Crippen molar-refractivity contribution in [2.45, 2.75) is 13.8 Å². The number of rotatable bonds is 3. The molecular weight excluding hydrogens is 192 g/mol. The molecule has 0 heterocycles. The first-order valence-electron chi connectivity index (χ1n) is 4.73. The third-order valence-corrected chi connectivity index (χ3v) is 2.14. The normalized spacial score (nSPS) is 11.8. The molecule has 0 unspecified atom stereocenters. The second kappa shape index (κ2) is 4.64. The van der Waals surface area contributed by atoms with Gasteiger partial charge in [0, 0.05) is 0 Å². The fourth-order valence-electron chi connectivity index (χ4n) is 1.16. The predicted molar refractivity (Wildman–Crippen MR) is 58.7 cm³/mol. The van der Waals surface area contributed by atoms with Gasteiger partial charge in [-0.15, -0.1) is 0 Å². The Morgan fingerprint density at radius 2 is 1.93 bits per heavy atom. The number of allylic oxidation sites excluding steroid dienone is 1. The van der Waals surface area contributed by atoms with E-state index in [1.165, 1.54) is 12.1 Å². The predicted octanol–water partition coefficient (Wildman–Crippen LogP) is 2.34. The number of aldehydes is 1. The average molecular weight is 206 g/mol. The summed E-state index contributed by atoms with van der Waals surface area (Å²) in [5.74, 6) is -0.208. The molecule has 80 valence electrons. The van der Waals surface area contributed by atoms with Crippen LogP contribution in [0.15, 0.2) is 23.8 Å². The number of phenolic OH excluding ortho intramolecular Hbond substituents is 2. The van der Waals surface area contributed by atoms with Crippen LogP contribution < -0.4 is 0 Å². The summed E-state index contributed by atoms with van der Waals surface area (Å²) in [5.41, 5.74) is 1.35. The molecule has 1 aromatic carbocycles. The molecule has 0 radical (unpaired) electrons. The van der Waals surface area contributed by atoms with Gasteiger partial charge in [-0.1, -0.05) is 19.9 Å². The minimum absolute atomic E-state index is 0.137. The van der Waals surface area contributed by atoms with Gasteiger partial charge in [0.05, 0.1) is 0 Å². The molecule has 0 bridgehead atoms. The maximum absolute atomic E-state index is 10.7. The van der Waals surface area contributed by atoms with Crippen LogP contribution in [0, 0.1) is 5.92 Å². The second-order valence-electron chi connectivity index (χ2n) is 3.67. The summed E-state index contributed by atoms with van der Waals surface area (Å²) in [7, 11) is 0. The summed E-state index contributed by atoms with van der Waals surface area (Å²) in [5, 5.41) is 18.4. The van der Waals surface area contributed by atoms with Crippen LogP contribution in [0.2, 0.25) is 0 Å². The molecule has 3 nitrogen and oxygen atoms in total. The largest absolute Gasteiger partial charge is 0.504 e. The Hall–Kier alpha value is -1.77. The number of hydrogen-bond acceptors (Lipinski definition) is 3. The summed E-state index contributed by atoms with van der Waals surface area (Å²) in [6.45, 7) is 3.83. The van der Waals surface area contributed by atoms with E-state index in [9.17, 15) is 9.90 Å². The molecule has 2 N–H and O–H groups in total. The van der Waals surface area contributed by atoms with E-state index in [1.54, 1.807) is 12.1 Å². The fraction of sp³-hybridized carbons (Fsp3) is 0.250. The van der Waals surface area contributed by atoms with Crippen LogP contribution in [0.4, 0.5) is 0 Å². The first-order valence-corrected chi connectivity index (χ1v) is 4.73. The highest BCUT2D eigenvalue weighted by Crippen LogP contribution is 2.26. The number of carbonyl (C=O) groups is 1. The van der Waals surface area contributed by atoms with Crippen molar-refractivity contribution in [2.75, 3.05) is 0 Å². The van der Waals surface area contributed by atoms with Crippen molar-refractivity contribution >= 4 is 12.4 Å². The van der Waals surface area contributed by atoms with E-state index in [0.29, 0.717) is 11.1 Å². The van der Waals surface area contributed by atoms with Gasteiger partial charge in [0.15, 0.2) is 11.5 Å². The van der Waals surface area contributed by atoms with Crippen LogP contribution in [0.3, 0.4) is 0 Å². The Kier molecular flexibility index (Phi) is 3.50. The topological polar surface area (TPSA) is 57.5 Å². The zero-order chi connectivity index (χ0) is 11.4. The summed E-state index contributed by atoms with van der Waals surface area (Å²) < 4.78 is 0. The van der Waals surface area contributed by atoms with E-state index < -0.39 is 0 Å². The van der Waals surface area contributed by atoms with Crippen LogP contribution in [0.25, 0.3) is 6.08 Å². The minimum Gasteiger partial charge on any atom is -0.504 e. The van der Waals surface area contributed by atoms with Gasteiger partial charge in [-0.3, -0.25) is 4.79 Å². The Morgan fingerprint density at radius 3 is 2.40 bits per heavy atom. The highest BCUT2D eigenvalue weighted by Gasteiger charge is 2.03. The summed E-state index contributed by atoms with van der Waals surface area (Å²) in [6, 6.07) is 4.45. The molecule has 0 aliphatic heterocycles. The first kappa shape index (κ1) is 11.3. The van der Waals surface area contributed by atoms with Gasteiger partial charge in [-0.25, -0.2) is 0 Å². The van der Waals surface area contributed by atoms with E-state index in [0.717, 1.165) is 6.29 Å². The minimum atomic E-state index is -0.183. The SMILES string of the molecule is CC(C)C(C=O)=Cc1ccc(O)c(O)c1. The van der Waals surface area contributed by atoms with E-state index in [1.807, 2.05) is 13.8 Å². The Labute approximate surface area is 88.7 Å². The Balaban J connectivity index is 3.07. The fourth-order valence-corrected chi connectivity index (χ4v) is 1.16. The van der Waals surface area contributed by atoms with E-state index in [4.69, 9.17) is 5.11 Å². The molecule has 1 rings (SSSR count). The van der Waals surface area contributed by atoms with Crippen LogP contribution in [-0.4, -0.2) is 16.5 Å². The maximum atomic E-state index is 10.7. The smallest absolute Gasteiger partial charge is 0.157 e. The number of carbonyl (C=O) groups excluding carboxylic acids is 1. The number of aromatic hydroxyl groups is 2. The van der Waals surface area contributed by atoms with E-state index >= 15 is 0 Å². The lowest BCUT2D eigenvalue weighted by Gasteiger charge is -2.04. The Bertz CT molecular complexity index is 392. The second-order valence-corrected chi connectivity index (χ2v) is 3.67. The zero-order valence-electron chi connectivity index (χ0n) is 8.77. The van der Waals surface area contributed by atoms with Crippen molar-refractivity contribution in [3.8, 4) is 11.5 Å². The van der Waals surface area contributed by atoms with Crippen molar-refractivity contribution < 1.29 is 15.0 Å². The van der Waals surface area contributed by atoms with Crippen LogP contribution >= 0.6 is 0 Å². The van der Waals surface area contributed by atoms with Crippen LogP contribution in [0.1, 0.15) is 19.4 Å². The van der Waals surface area contributed by atoms with Crippen molar-refractivity contribution in [3.63, 3.8) is 0 Å². The Morgan fingerprint density at radius 1 is 1.27 bits per heavy atom. The van der Waals surface area contributed by atoms with Crippen molar-refractivity contribution in [3.05, 3.63) is 29.3 Å². The molecule has 0 spiro atoms. The van der Waals surface area contributed by atoms with Gasteiger partial charge >= 0.3 is 0 Å².